The van der Waals surface area contributed by atoms with Gasteiger partial charge in [0.25, 0.3) is 0 Å². The molecule has 0 aliphatic carbocycles. The predicted octanol–water partition coefficient (Wildman–Crippen LogP) is 2.84. The van der Waals surface area contributed by atoms with Crippen molar-refractivity contribution in [1.29, 1.82) is 0 Å². The van der Waals surface area contributed by atoms with Crippen LogP contribution in [-0.2, 0) is 0 Å². The van der Waals surface area contributed by atoms with Gasteiger partial charge in [-0.3, -0.25) is 10.1 Å². The third-order valence-corrected chi connectivity index (χ3v) is 2.62. The van der Waals surface area contributed by atoms with Gasteiger partial charge in [0.2, 0.25) is 5.82 Å². The summed E-state index contributed by atoms with van der Waals surface area (Å²) in [6.07, 6.45) is 1.22. The van der Waals surface area contributed by atoms with Crippen molar-refractivity contribution in [3.8, 4) is 11.6 Å². The standard InChI is InChI=1S/C13H14N4O3/c1-8-4-9(2)6-10(5-8)20-13-11(17(18)19)12(14-3)15-7-16-13/h4-7H,1-3H3,(H,14,15,16). The van der Waals surface area contributed by atoms with Gasteiger partial charge < -0.3 is 10.1 Å². The zero-order valence-corrected chi connectivity index (χ0v) is 11.4. The monoisotopic (exact) mass is 274 g/mol. The highest BCUT2D eigenvalue weighted by molar-refractivity contribution is 5.61. The third kappa shape index (κ3) is 2.82. The molecule has 0 atom stereocenters. The molecular weight excluding hydrogens is 260 g/mol. The number of rotatable bonds is 4. The van der Waals surface area contributed by atoms with Crippen LogP contribution in [-0.4, -0.2) is 21.9 Å². The SMILES string of the molecule is CNc1ncnc(Oc2cc(C)cc(C)c2)c1[N+](=O)[O-]. The van der Waals surface area contributed by atoms with E-state index in [4.69, 9.17) is 4.74 Å². The zero-order valence-electron chi connectivity index (χ0n) is 11.4. The summed E-state index contributed by atoms with van der Waals surface area (Å²) < 4.78 is 5.54. The highest BCUT2D eigenvalue weighted by atomic mass is 16.6. The van der Waals surface area contributed by atoms with Crippen LogP contribution in [0.15, 0.2) is 24.5 Å². The average Bonchev–Trinajstić information content (AvgIpc) is 2.36. The van der Waals surface area contributed by atoms with Crippen LogP contribution in [0, 0.1) is 24.0 Å². The van der Waals surface area contributed by atoms with Crippen molar-refractivity contribution in [2.75, 3.05) is 12.4 Å². The van der Waals surface area contributed by atoms with Crippen LogP contribution in [0.5, 0.6) is 11.6 Å². The van der Waals surface area contributed by atoms with Crippen molar-refractivity contribution in [2.45, 2.75) is 13.8 Å². The Bertz CT molecular complexity index is 638. The van der Waals surface area contributed by atoms with Gasteiger partial charge in [-0.15, -0.1) is 0 Å². The Morgan fingerprint density at radius 3 is 2.40 bits per heavy atom. The molecule has 2 rings (SSSR count). The van der Waals surface area contributed by atoms with E-state index in [1.165, 1.54) is 6.33 Å². The van der Waals surface area contributed by atoms with E-state index in [2.05, 4.69) is 15.3 Å². The summed E-state index contributed by atoms with van der Waals surface area (Å²) in [6, 6.07) is 5.57. The van der Waals surface area contributed by atoms with E-state index in [9.17, 15) is 10.1 Å². The first-order chi connectivity index (χ1) is 9.51. The Hall–Kier alpha value is -2.70. The lowest BCUT2D eigenvalue weighted by molar-refractivity contribution is -0.385. The summed E-state index contributed by atoms with van der Waals surface area (Å²) in [4.78, 5) is 18.2. The van der Waals surface area contributed by atoms with Gasteiger partial charge in [-0.25, -0.2) is 4.98 Å². The first kappa shape index (κ1) is 13.7. The molecule has 0 saturated heterocycles. The van der Waals surface area contributed by atoms with Gasteiger partial charge in [-0.2, -0.15) is 4.98 Å². The fourth-order valence-electron chi connectivity index (χ4n) is 1.89. The van der Waals surface area contributed by atoms with Gasteiger partial charge in [0.1, 0.15) is 12.1 Å². The summed E-state index contributed by atoms with van der Waals surface area (Å²) in [5.41, 5.74) is 1.73. The topological polar surface area (TPSA) is 90.2 Å². The molecule has 0 aliphatic heterocycles. The maximum atomic E-state index is 11.1. The second-order valence-electron chi connectivity index (χ2n) is 4.31. The number of nitro groups is 1. The highest BCUT2D eigenvalue weighted by Crippen LogP contribution is 2.34. The number of nitrogens with one attached hydrogen (secondary N) is 1. The van der Waals surface area contributed by atoms with E-state index in [1.54, 1.807) is 19.2 Å². The van der Waals surface area contributed by atoms with E-state index < -0.39 is 4.92 Å². The quantitative estimate of drug-likeness (QED) is 0.681. The van der Waals surface area contributed by atoms with Crippen LogP contribution in [0.1, 0.15) is 11.1 Å². The molecule has 1 aromatic carbocycles. The van der Waals surface area contributed by atoms with Crippen LogP contribution >= 0.6 is 0 Å². The Labute approximate surface area is 115 Å². The van der Waals surface area contributed by atoms with Gasteiger partial charge in [-0.1, -0.05) is 6.07 Å². The van der Waals surface area contributed by atoms with Gasteiger partial charge >= 0.3 is 11.6 Å². The molecule has 0 amide bonds. The molecule has 0 unspecified atom stereocenters. The van der Waals surface area contributed by atoms with Crippen LogP contribution in [0.3, 0.4) is 0 Å². The van der Waals surface area contributed by atoms with Gasteiger partial charge in [-0.05, 0) is 37.1 Å². The Morgan fingerprint density at radius 1 is 1.20 bits per heavy atom. The van der Waals surface area contributed by atoms with Crippen molar-refractivity contribution >= 4 is 11.5 Å². The number of ether oxygens (including phenoxy) is 1. The van der Waals surface area contributed by atoms with E-state index in [0.29, 0.717) is 5.75 Å². The number of anilines is 1. The third-order valence-electron chi connectivity index (χ3n) is 2.62. The van der Waals surface area contributed by atoms with Crippen molar-refractivity contribution in [2.24, 2.45) is 0 Å². The second-order valence-corrected chi connectivity index (χ2v) is 4.31. The Kier molecular flexibility index (Phi) is 3.79. The number of hydrogen-bond acceptors (Lipinski definition) is 6. The molecule has 0 saturated carbocycles. The molecular formula is C13H14N4O3. The molecule has 1 heterocycles. The zero-order chi connectivity index (χ0) is 14.7. The van der Waals surface area contributed by atoms with Crippen LogP contribution < -0.4 is 10.1 Å². The second kappa shape index (κ2) is 5.52. The van der Waals surface area contributed by atoms with Crippen molar-refractivity contribution in [3.63, 3.8) is 0 Å². The summed E-state index contributed by atoms with van der Waals surface area (Å²) in [7, 11) is 1.55. The number of hydrogen-bond donors (Lipinski definition) is 1. The maximum Gasteiger partial charge on any atom is 0.373 e. The summed E-state index contributed by atoms with van der Waals surface area (Å²) in [5.74, 6) is 0.537. The molecule has 104 valence electrons. The molecule has 7 nitrogen and oxygen atoms in total. The molecule has 0 radical (unpaired) electrons. The molecule has 0 aliphatic rings. The molecule has 2 aromatic rings. The van der Waals surface area contributed by atoms with Gasteiger partial charge in [0.15, 0.2) is 0 Å². The first-order valence-corrected chi connectivity index (χ1v) is 5.94. The molecule has 0 fully saturated rings. The summed E-state index contributed by atoms with van der Waals surface area (Å²) in [6.45, 7) is 3.85. The summed E-state index contributed by atoms with van der Waals surface area (Å²) in [5, 5.41) is 13.8. The Morgan fingerprint density at radius 2 is 1.85 bits per heavy atom. The summed E-state index contributed by atoms with van der Waals surface area (Å²) >= 11 is 0. The normalized spacial score (nSPS) is 10.2. The minimum absolute atomic E-state index is 0.0839. The van der Waals surface area contributed by atoms with Crippen molar-refractivity contribution < 1.29 is 9.66 Å². The van der Waals surface area contributed by atoms with E-state index in [-0.39, 0.29) is 17.4 Å². The van der Waals surface area contributed by atoms with Crippen LogP contribution in [0.4, 0.5) is 11.5 Å². The van der Waals surface area contributed by atoms with Crippen LogP contribution in [0.25, 0.3) is 0 Å². The molecule has 7 heteroatoms. The van der Waals surface area contributed by atoms with Crippen molar-refractivity contribution in [3.05, 3.63) is 45.8 Å². The van der Waals surface area contributed by atoms with E-state index in [1.807, 2.05) is 19.9 Å². The van der Waals surface area contributed by atoms with Gasteiger partial charge in [0.05, 0.1) is 4.92 Å². The number of nitrogens with zero attached hydrogens (tertiary/aromatic N) is 3. The minimum atomic E-state index is -0.566. The average molecular weight is 274 g/mol. The Balaban J connectivity index is 2.45. The first-order valence-electron chi connectivity index (χ1n) is 5.94. The lowest BCUT2D eigenvalue weighted by Crippen LogP contribution is -2.03. The molecule has 1 aromatic heterocycles. The molecule has 20 heavy (non-hydrogen) atoms. The molecule has 0 bridgehead atoms. The number of aryl methyl sites for hydroxylation is 2. The maximum absolute atomic E-state index is 11.1. The van der Waals surface area contributed by atoms with E-state index in [0.717, 1.165) is 11.1 Å². The predicted molar refractivity (Wildman–Crippen MR) is 74.2 cm³/mol. The lowest BCUT2D eigenvalue weighted by Gasteiger charge is -2.08. The largest absolute Gasteiger partial charge is 0.434 e. The number of benzene rings is 1. The number of aromatic nitrogens is 2. The van der Waals surface area contributed by atoms with Gasteiger partial charge in [0, 0.05) is 7.05 Å². The molecule has 1 N–H and O–H groups in total. The minimum Gasteiger partial charge on any atom is -0.434 e. The molecule has 0 spiro atoms. The highest BCUT2D eigenvalue weighted by Gasteiger charge is 2.24. The fourth-order valence-corrected chi connectivity index (χ4v) is 1.89. The van der Waals surface area contributed by atoms with Crippen molar-refractivity contribution in [1.82, 2.24) is 9.97 Å². The lowest BCUT2D eigenvalue weighted by atomic mass is 10.1. The fraction of sp³-hybridized carbons (Fsp3) is 0.231. The van der Waals surface area contributed by atoms with E-state index >= 15 is 0 Å². The van der Waals surface area contributed by atoms with Crippen LogP contribution in [0.2, 0.25) is 0 Å². The smallest absolute Gasteiger partial charge is 0.373 e.